The van der Waals surface area contributed by atoms with E-state index >= 15 is 0 Å². The molecule has 0 bridgehead atoms. The van der Waals surface area contributed by atoms with Crippen molar-refractivity contribution in [2.75, 3.05) is 99.9 Å². The lowest BCUT2D eigenvalue weighted by Gasteiger charge is -2.36. The second kappa shape index (κ2) is 37.9. The number of β-amino-alcohol motifs (C(OH)–C–C–N with tert-alkyl or cyclic N) is 1. The molecule has 0 radical (unpaired) electrons. The molecular formula is C83H104N16O12S. The van der Waals surface area contributed by atoms with Crippen LogP contribution in [-0.2, 0) is 28.8 Å². The number of nitrogens with one attached hydrogen (secondary N) is 3. The van der Waals surface area contributed by atoms with E-state index < -0.39 is 47.1 Å². The van der Waals surface area contributed by atoms with Gasteiger partial charge in [0.15, 0.2) is 18.2 Å². The normalized spacial score (nSPS) is 17.8. The second-order valence-electron chi connectivity index (χ2n) is 30.5. The highest BCUT2D eigenvalue weighted by Gasteiger charge is 2.47. The van der Waals surface area contributed by atoms with Gasteiger partial charge < -0.3 is 61.8 Å². The fraction of sp³-hybridized carbons (Fsp3) is 0.458. The molecule has 4 aromatic carbocycles. The van der Waals surface area contributed by atoms with Crippen molar-refractivity contribution in [2.24, 2.45) is 11.3 Å². The maximum absolute atomic E-state index is 14.2. The molecular weight excluding hydrogens is 1450 g/mol. The van der Waals surface area contributed by atoms with Crippen LogP contribution >= 0.6 is 11.3 Å². The third-order valence-corrected chi connectivity index (χ3v) is 22.5. The number of nitrogens with two attached hydrogens (primary N) is 2. The number of imide groups is 2. The van der Waals surface area contributed by atoms with Gasteiger partial charge >= 0.3 is 0 Å². The summed E-state index contributed by atoms with van der Waals surface area (Å²) in [5, 5.41) is 56.4. The number of aromatic nitrogens is 5. The average molecular weight is 1550 g/mol. The lowest BCUT2D eigenvalue weighted by Crippen LogP contribution is -2.54. The Morgan fingerprint density at radius 3 is 1.91 bits per heavy atom. The van der Waals surface area contributed by atoms with Gasteiger partial charge in [-0.15, -0.1) is 31.7 Å². The molecule has 4 fully saturated rings. The second-order valence-corrected chi connectivity index (χ2v) is 31.4. The van der Waals surface area contributed by atoms with Gasteiger partial charge in [0.25, 0.3) is 17.7 Å². The Bertz CT molecular complexity index is 4530. The summed E-state index contributed by atoms with van der Waals surface area (Å²) < 4.78 is 5.65. The molecule has 5 atom stereocenters. The minimum absolute atomic E-state index is 0.00765. The number of ketones is 1. The number of hydrogen-bond donors (Lipinski definition) is 8. The van der Waals surface area contributed by atoms with Crippen molar-refractivity contribution in [2.45, 2.75) is 155 Å². The smallest absolute Gasteiger partial charge is 0.266 e. The standard InChI is InChI=1S/C48H64N8O5S.C35H40N8O7/c1-31(34-18-20-35(21-19-34)45-33(3)50-30-62-45)51-32(2)41-27-37(58)29-56(41)47(61)39(48(4,5)6)26-36(57)14-10-8-7-9-11-17-44(60)55-24-22-54(23-25-55)42-28-40(52-53-46(42)49)38-15-12-13-16-43(38)59;36-32-26(20-24(39-40-32)22-8-3-4-10-27(22)44)42-18-16-41(17-19-42)15-6-2-1-5-14-37-30(46)21-50-28-11-7-9-23-31(28)35(49)43(34(23)48)25-12-13-29(45)38-33(25)47/h12-13,15-16,18-21,28,30-31,37,39,41,51,58-59H,2,7-11,14,17,22-27,29H2,1,3-6H3,(H2,49,53);3-4,7-11,20,25,44H,1-2,5-6,12-19,21H2,(H2,36,40)(H,37,46)(H,38,45,47)/t31-,37+,39+,41-;/m0./s1. The Balaban J connectivity index is 0.000000226. The van der Waals surface area contributed by atoms with Crippen LogP contribution in [0.3, 0.4) is 0 Å². The van der Waals surface area contributed by atoms with Crippen LogP contribution in [0, 0.1) is 18.3 Å². The molecule has 29 heteroatoms. The van der Waals surface area contributed by atoms with Crippen LogP contribution in [0.1, 0.15) is 162 Å². The summed E-state index contributed by atoms with van der Waals surface area (Å²) in [7, 11) is 0. The van der Waals surface area contributed by atoms with Gasteiger partial charge in [-0.3, -0.25) is 53.5 Å². The van der Waals surface area contributed by atoms with E-state index in [1.165, 1.54) is 12.1 Å². The van der Waals surface area contributed by atoms with Crippen LogP contribution in [0.25, 0.3) is 33.0 Å². The quantitative estimate of drug-likeness (QED) is 0.0148. The summed E-state index contributed by atoms with van der Waals surface area (Å²) in [5.74, 6) is -2.20. The van der Waals surface area contributed by atoms with Crippen molar-refractivity contribution in [3.05, 3.63) is 143 Å². The first-order valence-corrected chi connectivity index (χ1v) is 39.7. The van der Waals surface area contributed by atoms with Crippen LogP contribution < -0.4 is 42.0 Å². The van der Waals surface area contributed by atoms with Gasteiger partial charge in [0.1, 0.15) is 29.1 Å². The number of aliphatic hydroxyl groups excluding tert-OH is 1. The lowest BCUT2D eigenvalue weighted by atomic mass is 9.76. The van der Waals surface area contributed by atoms with E-state index in [0.29, 0.717) is 91.8 Å². The number of thiazole rings is 1. The zero-order valence-corrected chi connectivity index (χ0v) is 65.4. The maximum Gasteiger partial charge on any atom is 0.266 e. The largest absolute Gasteiger partial charge is 0.507 e. The van der Waals surface area contributed by atoms with Gasteiger partial charge in [-0.1, -0.05) is 114 Å². The third kappa shape index (κ3) is 20.6. The Morgan fingerprint density at radius 1 is 0.714 bits per heavy atom. The number of aliphatic hydroxyl groups is 1. The molecule has 1 unspecified atom stereocenters. The van der Waals surface area contributed by atoms with Crippen LogP contribution in [0.2, 0.25) is 0 Å². The van der Waals surface area contributed by atoms with E-state index in [4.69, 9.17) is 16.2 Å². The maximum atomic E-state index is 14.2. The number of likely N-dealkylation sites (tertiary alicyclic amines) is 1. The van der Waals surface area contributed by atoms with Gasteiger partial charge in [-0.05, 0) is 118 Å². The summed E-state index contributed by atoms with van der Waals surface area (Å²) in [6, 6.07) is 29.1. The molecule has 3 aromatic heterocycles. The van der Waals surface area contributed by atoms with Crippen LogP contribution in [0.4, 0.5) is 23.0 Å². The molecule has 10 N–H and O–H groups in total. The number of aryl methyl sites for hydroxylation is 1. The molecule has 112 heavy (non-hydrogen) atoms. The van der Waals surface area contributed by atoms with Crippen molar-refractivity contribution in [1.29, 1.82) is 0 Å². The number of anilines is 4. The number of aromatic hydroxyl groups is 2. The molecule has 8 heterocycles. The van der Waals surface area contributed by atoms with Gasteiger partial charge in [0, 0.05) is 126 Å². The highest BCUT2D eigenvalue weighted by Crippen LogP contribution is 2.39. The number of piperazine rings is 2. The zero-order chi connectivity index (χ0) is 79.8. The number of fused-ring (bicyclic) bond motifs is 1. The number of Topliss-reactive ketones (excluding diaryl/α,β-unsaturated/α-hetero) is 1. The van der Waals surface area contributed by atoms with E-state index in [1.54, 1.807) is 58.7 Å². The number of phenolic OH excluding ortho intramolecular Hbond substituents is 2. The number of rotatable bonds is 31. The molecule has 4 saturated heterocycles. The number of benzene rings is 4. The predicted molar refractivity (Wildman–Crippen MR) is 429 cm³/mol. The van der Waals surface area contributed by atoms with E-state index in [9.17, 15) is 53.7 Å². The fourth-order valence-corrected chi connectivity index (χ4v) is 15.9. The SMILES string of the molecule is C=C(N[C@@H](C)c1ccc(-c2scnc2C)cc1)[C@@H]1C[C@@H](O)CN1C(=O)[C@@H](CC(=O)CCCCCCCC(=O)N1CCN(c2cc(-c3ccccc3O)nnc2N)CC1)C(C)(C)C.Nc1nnc(-c2ccccc2O)cc1N1CCN(CCCCCCNC(=O)COc2cccc3c2C(=O)N(C2CCC(=O)NC2=O)C3=O)CC1. The van der Waals surface area contributed by atoms with E-state index in [1.807, 2.05) is 62.4 Å². The predicted octanol–water partition coefficient (Wildman–Crippen LogP) is 9.40. The van der Waals surface area contributed by atoms with Crippen molar-refractivity contribution < 1.29 is 58.4 Å². The number of nitrogen functional groups attached to an aromatic ring is 2. The fourth-order valence-electron chi connectivity index (χ4n) is 15.1. The summed E-state index contributed by atoms with van der Waals surface area (Å²) in [6.45, 7) is 21.5. The highest BCUT2D eigenvalue weighted by molar-refractivity contribution is 7.13. The average Bonchev–Trinajstić information content (AvgIpc) is 1.60. The minimum atomic E-state index is -1.08. The number of phenols is 2. The van der Waals surface area contributed by atoms with Gasteiger partial charge in [-0.2, -0.15) is 0 Å². The monoisotopic (exact) mass is 1550 g/mol. The van der Waals surface area contributed by atoms with E-state index in [2.05, 4.69) is 93.8 Å². The van der Waals surface area contributed by atoms with Crippen molar-refractivity contribution in [3.8, 4) is 50.2 Å². The Kier molecular flexibility index (Phi) is 27.7. The van der Waals surface area contributed by atoms with Crippen LogP contribution in [0.15, 0.2) is 121 Å². The van der Waals surface area contributed by atoms with Gasteiger partial charge in [0.2, 0.25) is 23.6 Å². The van der Waals surface area contributed by atoms with Crippen LogP contribution in [-0.4, -0.2) is 204 Å². The number of para-hydroxylation sites is 2. The van der Waals surface area contributed by atoms with Crippen molar-refractivity contribution in [1.82, 2.24) is 60.9 Å². The number of carbonyl (C=O) groups is 8. The number of nitrogens with zero attached hydrogens (tertiary/aromatic N) is 11. The van der Waals surface area contributed by atoms with Crippen molar-refractivity contribution in [3.63, 3.8) is 0 Å². The first-order valence-electron chi connectivity index (χ1n) is 38.8. The molecule has 0 spiro atoms. The topological polar surface area (TPSA) is 378 Å². The van der Waals surface area contributed by atoms with Gasteiger partial charge in [0.05, 0.1) is 62.1 Å². The zero-order valence-electron chi connectivity index (χ0n) is 64.6. The van der Waals surface area contributed by atoms with Crippen LogP contribution in [0.5, 0.6) is 17.2 Å². The molecule has 12 rings (SSSR count). The first-order chi connectivity index (χ1) is 53.8. The molecule has 0 aliphatic carbocycles. The highest BCUT2D eigenvalue weighted by atomic mass is 32.1. The summed E-state index contributed by atoms with van der Waals surface area (Å²) >= 11 is 1.62. The molecule has 7 aromatic rings. The number of ether oxygens (including phenoxy) is 1. The Hall–Kier alpha value is -10.9. The minimum Gasteiger partial charge on any atom is -0.507 e. The molecule has 28 nitrogen and oxygen atoms in total. The summed E-state index contributed by atoms with van der Waals surface area (Å²) in [4.78, 5) is 120. The third-order valence-electron chi connectivity index (χ3n) is 21.6. The number of piperidine rings is 1. The lowest BCUT2D eigenvalue weighted by molar-refractivity contribution is -0.142. The van der Waals surface area contributed by atoms with Gasteiger partial charge in [-0.25, -0.2) is 4.98 Å². The molecule has 7 amide bonds. The molecule has 5 aliphatic heterocycles. The number of hydrogen-bond acceptors (Lipinski definition) is 24. The number of unbranched alkanes of at least 4 members (excludes halogenated alkanes) is 7. The Morgan fingerprint density at radius 2 is 1.30 bits per heavy atom. The number of amides is 7. The molecule has 594 valence electrons. The number of carbonyl (C=O) groups excluding carboxylic acids is 8. The van der Waals surface area contributed by atoms with E-state index in [-0.39, 0.29) is 96.4 Å². The molecule has 0 saturated carbocycles. The summed E-state index contributed by atoms with van der Waals surface area (Å²) in [6.07, 6.45) is 8.93. The first kappa shape index (κ1) is 82.1. The Labute approximate surface area is 657 Å². The van der Waals surface area contributed by atoms with Crippen molar-refractivity contribution >= 4 is 81.5 Å². The molecule has 5 aliphatic rings. The van der Waals surface area contributed by atoms with E-state index in [0.717, 1.165) is 128 Å². The summed E-state index contributed by atoms with van der Waals surface area (Å²) in [5.41, 5.74) is 21.6.